The van der Waals surface area contributed by atoms with E-state index >= 15 is 0 Å². The molecule has 0 aliphatic rings. The standard InChI is InChI=1S/C23H20N4O2/c28-22(17-10-5-2-6-11-17)26-21(14-16-8-3-1-4-9-16)23(29)25-19-12-7-13-20-18(19)15-24-27-20/h1-13,15,21H,14H2,(H,24,27)(H,25,29)(H,26,28). The predicted octanol–water partition coefficient (Wildman–Crippen LogP) is 3.54. The number of nitrogens with one attached hydrogen (secondary N) is 3. The molecule has 1 unspecified atom stereocenters. The summed E-state index contributed by atoms with van der Waals surface area (Å²) in [5.41, 5.74) is 2.95. The van der Waals surface area contributed by atoms with Crippen LogP contribution in [-0.2, 0) is 11.2 Å². The maximum absolute atomic E-state index is 13.1. The van der Waals surface area contributed by atoms with Crippen LogP contribution in [0.2, 0.25) is 0 Å². The summed E-state index contributed by atoms with van der Waals surface area (Å²) in [6, 6.07) is 23.3. The number of anilines is 1. The minimum Gasteiger partial charge on any atom is -0.340 e. The van der Waals surface area contributed by atoms with Crippen LogP contribution >= 0.6 is 0 Å². The van der Waals surface area contributed by atoms with Crippen molar-refractivity contribution < 1.29 is 9.59 Å². The van der Waals surface area contributed by atoms with E-state index in [1.54, 1.807) is 30.5 Å². The van der Waals surface area contributed by atoms with Crippen LogP contribution in [0.1, 0.15) is 15.9 Å². The third-order valence-corrected chi connectivity index (χ3v) is 4.68. The van der Waals surface area contributed by atoms with Gasteiger partial charge in [0.05, 0.1) is 17.4 Å². The van der Waals surface area contributed by atoms with Gasteiger partial charge in [-0.15, -0.1) is 0 Å². The average molecular weight is 384 g/mol. The molecule has 1 heterocycles. The highest BCUT2D eigenvalue weighted by Crippen LogP contribution is 2.21. The number of hydrogen-bond donors (Lipinski definition) is 3. The van der Waals surface area contributed by atoms with E-state index in [2.05, 4.69) is 20.8 Å². The summed E-state index contributed by atoms with van der Waals surface area (Å²) in [5, 5.41) is 13.5. The lowest BCUT2D eigenvalue weighted by molar-refractivity contribution is -0.118. The molecule has 0 spiro atoms. The SMILES string of the molecule is O=C(NC(Cc1ccccc1)C(=O)Nc1cccc2[nH]ncc12)c1ccccc1. The lowest BCUT2D eigenvalue weighted by Crippen LogP contribution is -2.45. The van der Waals surface area contributed by atoms with Gasteiger partial charge < -0.3 is 10.6 Å². The zero-order chi connectivity index (χ0) is 20.1. The van der Waals surface area contributed by atoms with E-state index < -0.39 is 6.04 Å². The number of fused-ring (bicyclic) bond motifs is 1. The van der Waals surface area contributed by atoms with Crippen molar-refractivity contribution in [3.05, 3.63) is 96.2 Å². The Kier molecular flexibility index (Phi) is 5.33. The van der Waals surface area contributed by atoms with Gasteiger partial charge in [-0.1, -0.05) is 54.6 Å². The van der Waals surface area contributed by atoms with Crippen molar-refractivity contribution in [2.24, 2.45) is 0 Å². The molecule has 4 aromatic rings. The molecule has 144 valence electrons. The monoisotopic (exact) mass is 384 g/mol. The summed E-state index contributed by atoms with van der Waals surface area (Å²) in [6.07, 6.45) is 2.05. The largest absolute Gasteiger partial charge is 0.340 e. The predicted molar refractivity (Wildman–Crippen MR) is 113 cm³/mol. The topological polar surface area (TPSA) is 86.9 Å². The normalized spacial score (nSPS) is 11.7. The Morgan fingerprint density at radius 1 is 0.897 bits per heavy atom. The van der Waals surface area contributed by atoms with Crippen molar-refractivity contribution >= 4 is 28.4 Å². The molecule has 0 saturated carbocycles. The molecule has 0 aliphatic carbocycles. The molecule has 2 amide bonds. The fourth-order valence-electron chi connectivity index (χ4n) is 3.19. The average Bonchev–Trinajstić information content (AvgIpc) is 3.24. The van der Waals surface area contributed by atoms with Gasteiger partial charge in [-0.3, -0.25) is 14.7 Å². The van der Waals surface area contributed by atoms with Crippen LogP contribution in [0.4, 0.5) is 5.69 Å². The van der Waals surface area contributed by atoms with E-state index in [4.69, 9.17) is 0 Å². The van der Waals surface area contributed by atoms with Crippen molar-refractivity contribution in [2.75, 3.05) is 5.32 Å². The molecule has 29 heavy (non-hydrogen) atoms. The van der Waals surface area contributed by atoms with Crippen molar-refractivity contribution in [1.29, 1.82) is 0 Å². The number of aromatic nitrogens is 2. The van der Waals surface area contributed by atoms with Crippen LogP contribution in [0, 0.1) is 0 Å². The smallest absolute Gasteiger partial charge is 0.251 e. The lowest BCUT2D eigenvalue weighted by atomic mass is 10.0. The number of nitrogens with zero attached hydrogens (tertiary/aromatic N) is 1. The number of carbonyl (C=O) groups excluding carboxylic acids is 2. The molecular weight excluding hydrogens is 364 g/mol. The molecular formula is C23H20N4O2. The minimum absolute atomic E-state index is 0.285. The Balaban J connectivity index is 1.57. The van der Waals surface area contributed by atoms with Crippen LogP contribution in [-0.4, -0.2) is 28.1 Å². The van der Waals surface area contributed by atoms with Crippen LogP contribution in [0.3, 0.4) is 0 Å². The summed E-state index contributed by atoms with van der Waals surface area (Å²) in [4.78, 5) is 25.8. The Hall–Kier alpha value is -3.93. The highest BCUT2D eigenvalue weighted by molar-refractivity contribution is 6.05. The first kappa shape index (κ1) is 18.4. The quantitative estimate of drug-likeness (QED) is 0.475. The van der Waals surface area contributed by atoms with Crippen molar-refractivity contribution in [3.8, 4) is 0 Å². The molecule has 1 aromatic heterocycles. The van der Waals surface area contributed by atoms with Gasteiger partial charge in [-0.2, -0.15) is 5.10 Å². The van der Waals surface area contributed by atoms with E-state index in [0.29, 0.717) is 17.7 Å². The van der Waals surface area contributed by atoms with Gasteiger partial charge >= 0.3 is 0 Å². The van der Waals surface area contributed by atoms with Crippen LogP contribution in [0.25, 0.3) is 10.9 Å². The van der Waals surface area contributed by atoms with Crippen LogP contribution < -0.4 is 10.6 Å². The summed E-state index contributed by atoms with van der Waals surface area (Å²) in [7, 11) is 0. The Bertz CT molecular complexity index is 1120. The van der Waals surface area contributed by atoms with Crippen LogP contribution in [0.5, 0.6) is 0 Å². The molecule has 0 bridgehead atoms. The minimum atomic E-state index is -0.729. The maximum Gasteiger partial charge on any atom is 0.251 e. The Morgan fingerprint density at radius 2 is 1.62 bits per heavy atom. The molecule has 0 fully saturated rings. The fraction of sp³-hybridized carbons (Fsp3) is 0.0870. The second kappa shape index (κ2) is 8.39. The van der Waals surface area contributed by atoms with Gasteiger partial charge in [0.15, 0.2) is 0 Å². The zero-order valence-electron chi connectivity index (χ0n) is 15.6. The molecule has 3 aromatic carbocycles. The summed E-state index contributed by atoms with van der Waals surface area (Å²) in [6.45, 7) is 0. The maximum atomic E-state index is 13.1. The second-order valence-electron chi connectivity index (χ2n) is 6.71. The second-order valence-corrected chi connectivity index (χ2v) is 6.71. The molecule has 0 radical (unpaired) electrons. The van der Waals surface area contributed by atoms with Gasteiger partial charge in [0.25, 0.3) is 5.91 Å². The summed E-state index contributed by atoms with van der Waals surface area (Å²) < 4.78 is 0. The number of carbonyl (C=O) groups is 2. The van der Waals surface area contributed by atoms with E-state index in [9.17, 15) is 9.59 Å². The lowest BCUT2D eigenvalue weighted by Gasteiger charge is -2.19. The molecule has 6 heteroatoms. The number of benzene rings is 3. The van der Waals surface area contributed by atoms with E-state index in [1.807, 2.05) is 54.6 Å². The molecule has 1 atom stereocenters. The number of H-pyrrole nitrogens is 1. The van der Waals surface area contributed by atoms with E-state index in [0.717, 1.165) is 16.5 Å². The summed E-state index contributed by atoms with van der Waals surface area (Å²) >= 11 is 0. The number of rotatable bonds is 6. The number of aromatic amines is 1. The van der Waals surface area contributed by atoms with Crippen molar-refractivity contribution in [1.82, 2.24) is 15.5 Å². The third kappa shape index (κ3) is 4.32. The third-order valence-electron chi connectivity index (χ3n) is 4.68. The number of hydrogen-bond acceptors (Lipinski definition) is 3. The van der Waals surface area contributed by atoms with Gasteiger partial charge in [-0.05, 0) is 29.8 Å². The highest BCUT2D eigenvalue weighted by Gasteiger charge is 2.22. The first-order valence-electron chi connectivity index (χ1n) is 9.33. The van der Waals surface area contributed by atoms with Gasteiger partial charge in [-0.25, -0.2) is 0 Å². The van der Waals surface area contributed by atoms with Crippen molar-refractivity contribution in [3.63, 3.8) is 0 Å². The highest BCUT2D eigenvalue weighted by atomic mass is 16.2. The molecule has 3 N–H and O–H groups in total. The Morgan fingerprint density at radius 3 is 2.38 bits per heavy atom. The molecule has 6 nitrogen and oxygen atoms in total. The van der Waals surface area contributed by atoms with Gasteiger partial charge in [0.1, 0.15) is 6.04 Å². The summed E-state index contributed by atoms with van der Waals surface area (Å²) in [5.74, 6) is -0.574. The van der Waals surface area contributed by atoms with E-state index in [-0.39, 0.29) is 11.8 Å². The van der Waals surface area contributed by atoms with Gasteiger partial charge in [0, 0.05) is 17.4 Å². The van der Waals surface area contributed by atoms with Crippen molar-refractivity contribution in [2.45, 2.75) is 12.5 Å². The molecule has 4 rings (SSSR count). The first-order chi connectivity index (χ1) is 14.2. The first-order valence-corrected chi connectivity index (χ1v) is 9.33. The van der Waals surface area contributed by atoms with E-state index in [1.165, 1.54) is 0 Å². The molecule has 0 aliphatic heterocycles. The van der Waals surface area contributed by atoms with Crippen LogP contribution in [0.15, 0.2) is 85.1 Å². The molecule has 0 saturated heterocycles. The van der Waals surface area contributed by atoms with Gasteiger partial charge in [0.2, 0.25) is 5.91 Å². The zero-order valence-corrected chi connectivity index (χ0v) is 15.6. The fourth-order valence-corrected chi connectivity index (χ4v) is 3.19. The number of amides is 2. The Labute approximate surface area is 168 Å².